The summed E-state index contributed by atoms with van der Waals surface area (Å²) in [4.78, 5) is 34.3. The highest BCUT2D eigenvalue weighted by molar-refractivity contribution is 6.42. The number of rotatable bonds is 2. The van der Waals surface area contributed by atoms with Crippen LogP contribution in [-0.4, -0.2) is 16.6 Å². The van der Waals surface area contributed by atoms with Crippen molar-refractivity contribution in [1.82, 2.24) is 4.98 Å². The van der Waals surface area contributed by atoms with Crippen molar-refractivity contribution in [3.05, 3.63) is 150 Å². The van der Waals surface area contributed by atoms with Crippen molar-refractivity contribution < 1.29 is 9.59 Å². The average molecular weight is 551 g/mol. The molecule has 200 valence electrons. The van der Waals surface area contributed by atoms with Crippen molar-refractivity contribution in [2.24, 2.45) is 0 Å². The summed E-state index contributed by atoms with van der Waals surface area (Å²) in [6, 6.07) is 40.6. The molecule has 0 saturated heterocycles. The molecule has 7 aromatic rings. The Bertz CT molecular complexity index is 2340. The molecule has 1 aliphatic heterocycles. The lowest BCUT2D eigenvalue weighted by molar-refractivity contribution is 0.0990. The van der Waals surface area contributed by atoms with Crippen LogP contribution in [-0.2, 0) is 0 Å². The summed E-state index contributed by atoms with van der Waals surface area (Å²) in [5, 5.41) is 6.20. The van der Waals surface area contributed by atoms with Crippen molar-refractivity contribution in [3.63, 3.8) is 0 Å². The quantitative estimate of drug-likeness (QED) is 0.159. The second-order valence-electron chi connectivity index (χ2n) is 11.1. The van der Waals surface area contributed by atoms with Gasteiger partial charge in [0.15, 0.2) is 11.6 Å². The van der Waals surface area contributed by atoms with Crippen LogP contribution in [0.3, 0.4) is 0 Å². The van der Waals surface area contributed by atoms with Crippen LogP contribution in [0.5, 0.6) is 0 Å². The van der Waals surface area contributed by atoms with Gasteiger partial charge in [-0.2, -0.15) is 0 Å². The average Bonchev–Trinajstić information content (AvgIpc) is 3.28. The van der Waals surface area contributed by atoms with Gasteiger partial charge in [-0.15, -0.1) is 0 Å². The third-order valence-corrected chi connectivity index (χ3v) is 8.75. The van der Waals surface area contributed by atoms with Gasteiger partial charge in [0.25, 0.3) is 0 Å². The van der Waals surface area contributed by atoms with Crippen LogP contribution in [0.25, 0.3) is 49.7 Å². The van der Waals surface area contributed by atoms with Crippen LogP contribution in [0.15, 0.2) is 133 Å². The maximum Gasteiger partial charge on any atom is 0.197 e. The van der Waals surface area contributed by atoms with Gasteiger partial charge in [-0.3, -0.25) is 14.6 Å². The highest BCUT2D eigenvalue weighted by Gasteiger charge is 2.34. The molecule has 0 radical (unpaired) electrons. The molecule has 0 amide bonds. The van der Waals surface area contributed by atoms with E-state index in [1.165, 1.54) is 0 Å². The minimum absolute atomic E-state index is 0.200. The minimum atomic E-state index is -0.226. The molecule has 9 rings (SSSR count). The van der Waals surface area contributed by atoms with Gasteiger partial charge < -0.3 is 4.90 Å². The summed E-state index contributed by atoms with van der Waals surface area (Å²) in [6.07, 6.45) is 3.60. The van der Waals surface area contributed by atoms with Crippen molar-refractivity contribution in [2.45, 2.75) is 0 Å². The molecule has 0 bridgehead atoms. The Morgan fingerprint density at radius 1 is 0.535 bits per heavy atom. The Labute approximate surface area is 247 Å². The Balaban J connectivity index is 1.27. The predicted molar refractivity (Wildman–Crippen MR) is 174 cm³/mol. The summed E-state index contributed by atoms with van der Waals surface area (Å²) in [7, 11) is 0. The summed E-state index contributed by atoms with van der Waals surface area (Å²) >= 11 is 0. The number of anilines is 3. The number of aromatic nitrogens is 1. The van der Waals surface area contributed by atoms with E-state index in [4.69, 9.17) is 4.98 Å². The molecule has 4 heteroatoms. The third-order valence-electron chi connectivity index (χ3n) is 8.75. The lowest BCUT2D eigenvalue weighted by Gasteiger charge is -2.33. The van der Waals surface area contributed by atoms with Crippen LogP contribution in [0.4, 0.5) is 17.1 Å². The van der Waals surface area contributed by atoms with Gasteiger partial charge in [-0.1, -0.05) is 84.9 Å². The van der Waals surface area contributed by atoms with E-state index in [-0.39, 0.29) is 17.1 Å². The third kappa shape index (κ3) is 3.35. The second-order valence-corrected chi connectivity index (χ2v) is 11.1. The molecular weight excluding hydrogens is 528 g/mol. The van der Waals surface area contributed by atoms with Crippen molar-refractivity contribution in [1.29, 1.82) is 0 Å². The standard InChI is InChI=1S/C39H22N2O2/c42-38-30-20-24-9-1-2-10-25(24)21-31(30)39(43)32(38)22-26-17-18-34-36-28(26)13-6-14-29(36)37-35(16-7-19-40-37)41(34)33-15-5-11-23-8-3-4-12-27(23)33/h1-22H. The number of carbonyl (C=O) groups excluding carboxylic acids is 2. The zero-order valence-corrected chi connectivity index (χ0v) is 22.9. The largest absolute Gasteiger partial charge is 0.307 e. The number of hydrogen-bond acceptors (Lipinski definition) is 4. The molecule has 0 unspecified atom stereocenters. The van der Waals surface area contributed by atoms with Crippen molar-refractivity contribution in [2.75, 3.05) is 4.90 Å². The summed E-state index contributed by atoms with van der Waals surface area (Å²) < 4.78 is 0. The van der Waals surface area contributed by atoms with Crippen LogP contribution in [0, 0.1) is 0 Å². The molecule has 2 heterocycles. The maximum absolute atomic E-state index is 13.6. The van der Waals surface area contributed by atoms with E-state index in [0.717, 1.165) is 66.2 Å². The monoisotopic (exact) mass is 550 g/mol. The molecule has 0 spiro atoms. The SMILES string of the molecule is O=C1C(=Cc2ccc3c4c(cccc24)-c2ncccc2N3c2cccc3ccccc23)C(=O)c2cc3ccccc3cc21. The number of nitrogens with zero attached hydrogens (tertiary/aromatic N) is 2. The minimum Gasteiger partial charge on any atom is -0.307 e. The predicted octanol–water partition coefficient (Wildman–Crippen LogP) is 9.45. The number of fused-ring (bicyclic) bond motifs is 5. The van der Waals surface area contributed by atoms with Crippen LogP contribution < -0.4 is 4.90 Å². The van der Waals surface area contributed by atoms with Gasteiger partial charge in [-0.05, 0) is 69.6 Å². The maximum atomic E-state index is 13.6. The van der Waals surface area contributed by atoms with E-state index in [0.29, 0.717) is 11.1 Å². The number of benzene rings is 6. The number of hydrogen-bond donors (Lipinski definition) is 0. The fraction of sp³-hybridized carbons (Fsp3) is 0. The van der Waals surface area contributed by atoms with Crippen molar-refractivity contribution in [3.8, 4) is 11.3 Å². The van der Waals surface area contributed by atoms with Crippen molar-refractivity contribution >= 4 is 67.0 Å². The smallest absolute Gasteiger partial charge is 0.197 e. The van der Waals surface area contributed by atoms with Gasteiger partial charge in [0.1, 0.15) is 0 Å². The molecule has 1 aromatic heterocycles. The first-order valence-corrected chi connectivity index (χ1v) is 14.3. The molecule has 2 aliphatic rings. The number of Topliss-reactive ketones (excluding diaryl/α,β-unsaturated/α-hetero) is 2. The lowest BCUT2D eigenvalue weighted by Crippen LogP contribution is -2.16. The van der Waals surface area contributed by atoms with E-state index in [9.17, 15) is 9.59 Å². The van der Waals surface area contributed by atoms with Gasteiger partial charge in [0, 0.05) is 33.7 Å². The molecular formula is C39H22N2O2. The number of carbonyl (C=O) groups is 2. The van der Waals surface area contributed by atoms with E-state index in [2.05, 4.69) is 71.6 Å². The Morgan fingerprint density at radius 3 is 1.98 bits per heavy atom. The van der Waals surface area contributed by atoms with Crippen LogP contribution in [0.1, 0.15) is 26.3 Å². The van der Waals surface area contributed by atoms with Gasteiger partial charge in [0.2, 0.25) is 0 Å². The van der Waals surface area contributed by atoms with Crippen LogP contribution in [0.2, 0.25) is 0 Å². The summed E-state index contributed by atoms with van der Waals surface area (Å²) in [5.41, 5.74) is 6.99. The molecule has 1 aliphatic carbocycles. The number of allylic oxidation sites excluding steroid dienone is 1. The first-order chi connectivity index (χ1) is 21.2. The van der Waals surface area contributed by atoms with E-state index >= 15 is 0 Å². The molecule has 6 aromatic carbocycles. The normalized spacial score (nSPS) is 13.6. The highest BCUT2D eigenvalue weighted by Crippen LogP contribution is 2.52. The van der Waals surface area contributed by atoms with Gasteiger partial charge in [0.05, 0.1) is 28.3 Å². The molecule has 4 nitrogen and oxygen atoms in total. The zero-order chi connectivity index (χ0) is 28.7. The summed E-state index contributed by atoms with van der Waals surface area (Å²) in [5.74, 6) is -0.453. The molecule has 0 N–H and O–H groups in total. The van der Waals surface area contributed by atoms with Crippen LogP contribution >= 0.6 is 0 Å². The number of pyridine rings is 1. The van der Waals surface area contributed by atoms with E-state index in [1.807, 2.05) is 60.8 Å². The first-order valence-electron chi connectivity index (χ1n) is 14.3. The summed E-state index contributed by atoms with van der Waals surface area (Å²) in [6.45, 7) is 0. The molecule has 0 saturated carbocycles. The fourth-order valence-corrected chi connectivity index (χ4v) is 6.79. The topological polar surface area (TPSA) is 50.3 Å². The second kappa shape index (κ2) is 8.81. The van der Waals surface area contributed by atoms with E-state index < -0.39 is 0 Å². The lowest BCUT2D eigenvalue weighted by atomic mass is 9.90. The van der Waals surface area contributed by atoms with Gasteiger partial charge >= 0.3 is 0 Å². The molecule has 0 atom stereocenters. The number of ketones is 2. The van der Waals surface area contributed by atoms with E-state index in [1.54, 1.807) is 6.08 Å². The zero-order valence-electron chi connectivity index (χ0n) is 22.9. The molecule has 0 fully saturated rings. The Kier molecular flexibility index (Phi) is 4.88. The molecule has 43 heavy (non-hydrogen) atoms. The first kappa shape index (κ1) is 23.8. The Hall–Kier alpha value is -5.87. The van der Waals surface area contributed by atoms with Gasteiger partial charge in [-0.25, -0.2) is 0 Å². The fourth-order valence-electron chi connectivity index (χ4n) is 6.79. The Morgan fingerprint density at radius 2 is 1.19 bits per heavy atom. The highest BCUT2D eigenvalue weighted by atomic mass is 16.2.